The van der Waals surface area contributed by atoms with Crippen molar-refractivity contribution in [3.63, 3.8) is 0 Å². The van der Waals surface area contributed by atoms with Gasteiger partial charge in [0.25, 0.3) is 0 Å². The highest BCUT2D eigenvalue weighted by atomic mass is 32.2. The van der Waals surface area contributed by atoms with Crippen molar-refractivity contribution < 1.29 is 13.2 Å². The van der Waals surface area contributed by atoms with Crippen LogP contribution >= 0.6 is 0 Å². The summed E-state index contributed by atoms with van der Waals surface area (Å²) in [5, 5.41) is 2.55. The van der Waals surface area contributed by atoms with Crippen LogP contribution in [0.5, 0.6) is 0 Å². The van der Waals surface area contributed by atoms with Gasteiger partial charge < -0.3 is 11.1 Å². The van der Waals surface area contributed by atoms with Crippen molar-refractivity contribution in [2.24, 2.45) is 11.7 Å². The number of amides is 1. The van der Waals surface area contributed by atoms with Gasteiger partial charge in [-0.1, -0.05) is 6.92 Å². The SMILES string of the molecule is CC1CCC(NS(=O)(=O)CC(=O)N[C@@H](C)CN)CC1. The minimum absolute atomic E-state index is 0.0269. The summed E-state index contributed by atoms with van der Waals surface area (Å²) in [6, 6.07) is -0.237. The smallest absolute Gasteiger partial charge is 0.236 e. The van der Waals surface area contributed by atoms with Crippen LogP contribution in [0.15, 0.2) is 0 Å². The number of rotatable bonds is 6. The summed E-state index contributed by atoms with van der Waals surface area (Å²) in [7, 11) is -3.55. The zero-order valence-electron chi connectivity index (χ0n) is 11.7. The van der Waals surface area contributed by atoms with Crippen molar-refractivity contribution in [3.8, 4) is 0 Å². The Balaban J connectivity index is 2.41. The second-order valence-electron chi connectivity index (χ2n) is 5.54. The second-order valence-corrected chi connectivity index (χ2v) is 7.29. The molecule has 1 aliphatic rings. The van der Waals surface area contributed by atoms with E-state index in [-0.39, 0.29) is 12.1 Å². The number of carbonyl (C=O) groups excluding carboxylic acids is 1. The summed E-state index contributed by atoms with van der Waals surface area (Å²) < 4.78 is 26.3. The van der Waals surface area contributed by atoms with E-state index in [9.17, 15) is 13.2 Å². The average molecular weight is 291 g/mol. The fourth-order valence-corrected chi connectivity index (χ4v) is 3.48. The van der Waals surface area contributed by atoms with Gasteiger partial charge in [-0.2, -0.15) is 0 Å². The molecule has 112 valence electrons. The molecule has 0 heterocycles. The van der Waals surface area contributed by atoms with E-state index >= 15 is 0 Å². The topological polar surface area (TPSA) is 101 Å². The van der Waals surface area contributed by atoms with Gasteiger partial charge in [-0.25, -0.2) is 13.1 Å². The van der Waals surface area contributed by atoms with Crippen molar-refractivity contribution >= 4 is 15.9 Å². The Kier molecular flexibility index (Phi) is 6.22. The molecule has 1 atom stereocenters. The summed E-state index contributed by atoms with van der Waals surface area (Å²) in [4.78, 5) is 11.5. The Bertz CT molecular complexity index is 389. The predicted octanol–water partition coefficient (Wildman–Crippen LogP) is -0.0521. The summed E-state index contributed by atoms with van der Waals surface area (Å²) in [6.07, 6.45) is 3.76. The molecule has 19 heavy (non-hydrogen) atoms. The first-order chi connectivity index (χ1) is 8.82. The van der Waals surface area contributed by atoms with Crippen LogP contribution in [0.3, 0.4) is 0 Å². The fourth-order valence-electron chi connectivity index (χ4n) is 2.22. The molecular weight excluding hydrogens is 266 g/mol. The molecule has 0 bridgehead atoms. The van der Waals surface area contributed by atoms with Gasteiger partial charge in [-0.3, -0.25) is 4.79 Å². The third kappa shape index (κ3) is 6.35. The number of sulfonamides is 1. The largest absolute Gasteiger partial charge is 0.351 e. The van der Waals surface area contributed by atoms with Gasteiger partial charge >= 0.3 is 0 Å². The molecule has 0 aromatic carbocycles. The number of nitrogens with one attached hydrogen (secondary N) is 2. The Labute approximate surface area is 115 Å². The van der Waals surface area contributed by atoms with Gasteiger partial charge in [0.05, 0.1) is 0 Å². The lowest BCUT2D eigenvalue weighted by Crippen LogP contribution is -2.45. The van der Waals surface area contributed by atoms with Crippen LogP contribution in [0, 0.1) is 5.92 Å². The first-order valence-corrected chi connectivity index (χ1v) is 8.47. The van der Waals surface area contributed by atoms with Crippen molar-refractivity contribution in [2.75, 3.05) is 12.3 Å². The summed E-state index contributed by atoms with van der Waals surface area (Å²) >= 11 is 0. The van der Waals surface area contributed by atoms with Crippen LogP contribution in [-0.4, -0.2) is 38.7 Å². The number of carbonyl (C=O) groups is 1. The third-order valence-electron chi connectivity index (χ3n) is 3.44. The molecule has 0 aromatic rings. The average Bonchev–Trinajstić information content (AvgIpc) is 2.30. The summed E-state index contributed by atoms with van der Waals surface area (Å²) in [5.74, 6) is -0.368. The minimum atomic E-state index is -3.55. The molecule has 1 saturated carbocycles. The molecule has 0 saturated heterocycles. The molecule has 0 unspecified atom stereocenters. The molecular formula is C12H25N3O3S. The van der Waals surface area contributed by atoms with Gasteiger partial charge in [0.2, 0.25) is 15.9 Å². The van der Waals surface area contributed by atoms with E-state index in [0.29, 0.717) is 12.5 Å². The zero-order valence-corrected chi connectivity index (χ0v) is 12.5. The van der Waals surface area contributed by atoms with Crippen molar-refractivity contribution in [2.45, 2.75) is 51.6 Å². The van der Waals surface area contributed by atoms with Crippen LogP contribution in [0.1, 0.15) is 39.5 Å². The lowest BCUT2D eigenvalue weighted by molar-refractivity contribution is -0.119. The molecule has 1 rings (SSSR count). The van der Waals surface area contributed by atoms with Crippen LogP contribution in [-0.2, 0) is 14.8 Å². The molecule has 4 N–H and O–H groups in total. The molecule has 6 nitrogen and oxygen atoms in total. The maximum atomic E-state index is 11.9. The Morgan fingerprint density at radius 3 is 2.42 bits per heavy atom. The van der Waals surface area contributed by atoms with Crippen LogP contribution < -0.4 is 15.8 Å². The van der Waals surface area contributed by atoms with Crippen molar-refractivity contribution in [3.05, 3.63) is 0 Å². The molecule has 1 aliphatic carbocycles. The Morgan fingerprint density at radius 1 is 1.32 bits per heavy atom. The molecule has 0 spiro atoms. The lowest BCUT2D eigenvalue weighted by atomic mass is 9.88. The number of hydrogen-bond acceptors (Lipinski definition) is 4. The monoisotopic (exact) mass is 291 g/mol. The van der Waals surface area contributed by atoms with E-state index in [1.165, 1.54) is 0 Å². The molecule has 0 radical (unpaired) electrons. The maximum Gasteiger partial charge on any atom is 0.236 e. The van der Waals surface area contributed by atoms with Gasteiger partial charge in [0.15, 0.2) is 0 Å². The summed E-state index contributed by atoms with van der Waals surface area (Å²) in [5.41, 5.74) is 5.37. The lowest BCUT2D eigenvalue weighted by Gasteiger charge is -2.26. The van der Waals surface area contributed by atoms with E-state index in [0.717, 1.165) is 25.7 Å². The Morgan fingerprint density at radius 2 is 1.89 bits per heavy atom. The highest BCUT2D eigenvalue weighted by Gasteiger charge is 2.24. The number of nitrogens with two attached hydrogens (primary N) is 1. The fraction of sp³-hybridized carbons (Fsp3) is 0.917. The van der Waals surface area contributed by atoms with Gasteiger partial charge in [-0.05, 0) is 38.5 Å². The normalized spacial score (nSPS) is 25.8. The highest BCUT2D eigenvalue weighted by molar-refractivity contribution is 7.90. The van der Waals surface area contributed by atoms with Crippen LogP contribution in [0.4, 0.5) is 0 Å². The highest BCUT2D eigenvalue weighted by Crippen LogP contribution is 2.23. The van der Waals surface area contributed by atoms with Crippen molar-refractivity contribution in [1.29, 1.82) is 0 Å². The van der Waals surface area contributed by atoms with E-state index < -0.39 is 21.7 Å². The summed E-state index contributed by atoms with van der Waals surface area (Å²) in [6.45, 7) is 4.20. The zero-order chi connectivity index (χ0) is 14.5. The molecule has 1 amide bonds. The van der Waals surface area contributed by atoms with E-state index in [2.05, 4.69) is 17.0 Å². The molecule has 7 heteroatoms. The maximum absolute atomic E-state index is 11.9. The minimum Gasteiger partial charge on any atom is -0.351 e. The third-order valence-corrected chi connectivity index (χ3v) is 4.78. The van der Waals surface area contributed by atoms with Gasteiger partial charge in [0, 0.05) is 18.6 Å². The quantitative estimate of drug-likeness (QED) is 0.638. The van der Waals surface area contributed by atoms with Crippen LogP contribution in [0.2, 0.25) is 0 Å². The van der Waals surface area contributed by atoms with E-state index in [4.69, 9.17) is 5.73 Å². The standard InChI is InChI=1S/C12H25N3O3S/c1-9-3-5-11(6-4-9)15-19(17,18)8-12(16)14-10(2)7-13/h9-11,15H,3-8,13H2,1-2H3,(H,14,16)/t9?,10-,11?/m0/s1. The van der Waals surface area contributed by atoms with Crippen LogP contribution in [0.25, 0.3) is 0 Å². The number of hydrogen-bond donors (Lipinski definition) is 3. The van der Waals surface area contributed by atoms with Crippen molar-refractivity contribution in [1.82, 2.24) is 10.0 Å². The second kappa shape index (κ2) is 7.21. The van der Waals surface area contributed by atoms with E-state index in [1.807, 2.05) is 0 Å². The first kappa shape index (κ1) is 16.4. The van der Waals surface area contributed by atoms with Gasteiger partial charge in [0.1, 0.15) is 5.75 Å². The molecule has 0 aliphatic heterocycles. The van der Waals surface area contributed by atoms with Gasteiger partial charge in [-0.15, -0.1) is 0 Å². The Hall–Kier alpha value is -0.660. The molecule has 0 aromatic heterocycles. The molecule has 1 fully saturated rings. The predicted molar refractivity (Wildman–Crippen MR) is 75.0 cm³/mol. The van der Waals surface area contributed by atoms with E-state index in [1.54, 1.807) is 6.92 Å². The first-order valence-electron chi connectivity index (χ1n) is 6.82.